The molecule has 0 atom stereocenters. The first-order chi connectivity index (χ1) is 14.6. The van der Waals surface area contributed by atoms with Crippen LogP contribution in [0.4, 0.5) is 5.69 Å². The van der Waals surface area contributed by atoms with Gasteiger partial charge in [-0.3, -0.25) is 14.5 Å². The van der Waals surface area contributed by atoms with E-state index in [1.54, 1.807) is 54.6 Å². The van der Waals surface area contributed by atoms with Crippen molar-refractivity contribution in [1.82, 2.24) is 24.7 Å². The highest BCUT2D eigenvalue weighted by molar-refractivity contribution is 6.30. The lowest BCUT2D eigenvalue weighted by Gasteiger charge is -2.07. The Labute approximate surface area is 174 Å². The molecule has 2 heterocycles. The van der Waals surface area contributed by atoms with Crippen molar-refractivity contribution in [1.29, 1.82) is 0 Å². The Hall–Kier alpha value is -3.98. The van der Waals surface area contributed by atoms with E-state index in [4.69, 9.17) is 16.3 Å². The molecule has 4 rings (SSSR count). The fourth-order valence-corrected chi connectivity index (χ4v) is 2.78. The standard InChI is InChI=1S/C20H15ClN6O3/c21-14-3-1-13(2-4-14)12-27-18(25-19(28)26-20(27)29)24-15-5-7-16(8-6-15)30-17-9-10-22-23-11-17/h1-11H,12H2,(H2,24,25,26,28,29). The van der Waals surface area contributed by atoms with Crippen molar-refractivity contribution in [3.05, 3.63) is 104 Å². The number of aromatic nitrogens is 5. The number of nitrogens with one attached hydrogen (secondary N) is 2. The van der Waals surface area contributed by atoms with E-state index in [0.29, 0.717) is 22.2 Å². The van der Waals surface area contributed by atoms with Gasteiger partial charge in [-0.05, 0) is 42.0 Å². The van der Waals surface area contributed by atoms with Crippen molar-refractivity contribution < 1.29 is 4.74 Å². The smallest absolute Gasteiger partial charge is 0.332 e. The molecule has 9 nitrogen and oxygen atoms in total. The molecule has 0 amide bonds. The molecule has 2 aromatic heterocycles. The Bertz CT molecular complexity index is 1330. The maximum absolute atomic E-state index is 12.4. The van der Waals surface area contributed by atoms with Crippen LogP contribution in [-0.2, 0) is 6.54 Å². The fraction of sp³-hybridized carbons (Fsp3) is 0.0500. The molecule has 150 valence electrons. The van der Waals surface area contributed by atoms with Crippen molar-refractivity contribution in [2.24, 2.45) is 4.99 Å². The second kappa shape index (κ2) is 8.58. The van der Waals surface area contributed by atoms with Gasteiger partial charge in [-0.2, -0.15) is 10.2 Å². The summed E-state index contributed by atoms with van der Waals surface area (Å²) in [4.78, 5) is 33.3. The molecule has 0 fully saturated rings. The summed E-state index contributed by atoms with van der Waals surface area (Å²) in [5.41, 5.74) is 0.258. The van der Waals surface area contributed by atoms with Crippen molar-refractivity contribution in [2.75, 3.05) is 0 Å². The van der Waals surface area contributed by atoms with Gasteiger partial charge in [0.1, 0.15) is 11.5 Å². The van der Waals surface area contributed by atoms with E-state index in [1.807, 2.05) is 0 Å². The van der Waals surface area contributed by atoms with Crippen LogP contribution in [-0.4, -0.2) is 24.7 Å². The number of nitrogens with zero attached hydrogens (tertiary/aromatic N) is 4. The first-order valence-electron chi connectivity index (χ1n) is 8.84. The Morgan fingerprint density at radius 3 is 2.40 bits per heavy atom. The summed E-state index contributed by atoms with van der Waals surface area (Å²) in [6, 6.07) is 15.6. The van der Waals surface area contributed by atoms with E-state index in [2.05, 4.69) is 25.2 Å². The van der Waals surface area contributed by atoms with Gasteiger partial charge in [0.25, 0.3) is 0 Å². The maximum atomic E-state index is 12.4. The van der Waals surface area contributed by atoms with E-state index >= 15 is 0 Å². The Kier molecular flexibility index (Phi) is 5.53. The zero-order valence-corrected chi connectivity index (χ0v) is 16.2. The zero-order chi connectivity index (χ0) is 20.9. The number of ether oxygens (including phenoxy) is 1. The van der Waals surface area contributed by atoms with E-state index < -0.39 is 11.4 Å². The number of benzene rings is 2. The quantitative estimate of drug-likeness (QED) is 0.512. The minimum atomic E-state index is -0.642. The predicted octanol–water partition coefficient (Wildman–Crippen LogP) is 2.38. The molecular formula is C20H15ClN6O3. The molecule has 2 N–H and O–H groups in total. The summed E-state index contributed by atoms with van der Waals surface area (Å²) in [6.07, 6.45) is 3.03. The molecule has 0 aliphatic rings. The van der Waals surface area contributed by atoms with Gasteiger partial charge in [-0.25, -0.2) is 14.6 Å². The van der Waals surface area contributed by atoms with Gasteiger partial charge in [0.2, 0.25) is 5.62 Å². The van der Waals surface area contributed by atoms with E-state index in [1.165, 1.54) is 17.0 Å². The molecule has 0 bridgehead atoms. The van der Waals surface area contributed by atoms with Crippen molar-refractivity contribution in [2.45, 2.75) is 6.54 Å². The van der Waals surface area contributed by atoms with Crippen LogP contribution in [0.5, 0.6) is 11.5 Å². The van der Waals surface area contributed by atoms with Crippen LogP contribution in [0.1, 0.15) is 5.56 Å². The molecule has 0 saturated heterocycles. The van der Waals surface area contributed by atoms with Crippen molar-refractivity contribution >= 4 is 17.3 Å². The SMILES string of the molecule is O=c1[nH]c(=O)n(Cc2ccc(Cl)cc2)/c(=N/c2ccc(Oc3ccnnc3)cc2)[nH]1. The lowest BCUT2D eigenvalue weighted by Crippen LogP contribution is -2.44. The zero-order valence-electron chi connectivity index (χ0n) is 15.4. The van der Waals surface area contributed by atoms with Gasteiger partial charge >= 0.3 is 11.4 Å². The Morgan fingerprint density at radius 2 is 1.70 bits per heavy atom. The number of hydrogen-bond donors (Lipinski definition) is 2. The number of halogens is 1. The fourth-order valence-electron chi connectivity index (χ4n) is 2.65. The van der Waals surface area contributed by atoms with Crippen LogP contribution < -0.4 is 21.7 Å². The lowest BCUT2D eigenvalue weighted by molar-refractivity contribution is 0.478. The number of aromatic amines is 2. The monoisotopic (exact) mass is 422 g/mol. The third-order valence-corrected chi connectivity index (χ3v) is 4.32. The highest BCUT2D eigenvalue weighted by Gasteiger charge is 2.04. The molecule has 0 saturated carbocycles. The van der Waals surface area contributed by atoms with Gasteiger partial charge in [0.15, 0.2) is 0 Å². The van der Waals surface area contributed by atoms with E-state index in [0.717, 1.165) is 5.56 Å². The third-order valence-electron chi connectivity index (χ3n) is 4.07. The topological polar surface area (TPSA) is 118 Å². The Morgan fingerprint density at radius 1 is 0.933 bits per heavy atom. The second-order valence-corrected chi connectivity index (χ2v) is 6.64. The number of hydrogen-bond acceptors (Lipinski definition) is 6. The largest absolute Gasteiger partial charge is 0.456 e. The molecule has 0 spiro atoms. The minimum Gasteiger partial charge on any atom is -0.456 e. The summed E-state index contributed by atoms with van der Waals surface area (Å²) in [7, 11) is 0. The van der Waals surface area contributed by atoms with Crippen LogP contribution in [0.2, 0.25) is 5.02 Å². The maximum Gasteiger partial charge on any atom is 0.332 e. The average Bonchev–Trinajstić information content (AvgIpc) is 2.74. The molecule has 30 heavy (non-hydrogen) atoms. The normalized spacial score (nSPS) is 11.4. The first-order valence-corrected chi connectivity index (χ1v) is 9.22. The van der Waals surface area contributed by atoms with Gasteiger partial charge in [0, 0.05) is 11.1 Å². The highest BCUT2D eigenvalue weighted by Crippen LogP contribution is 2.22. The first kappa shape index (κ1) is 19.3. The van der Waals surface area contributed by atoms with Crippen molar-refractivity contribution in [3.63, 3.8) is 0 Å². The molecule has 2 aromatic carbocycles. The highest BCUT2D eigenvalue weighted by atomic mass is 35.5. The molecule has 0 unspecified atom stereocenters. The summed E-state index contributed by atoms with van der Waals surface area (Å²) in [5, 5.41) is 8.03. The minimum absolute atomic E-state index is 0.116. The van der Waals surface area contributed by atoms with Gasteiger partial charge in [-0.15, -0.1) is 0 Å². The predicted molar refractivity (Wildman–Crippen MR) is 110 cm³/mol. The van der Waals surface area contributed by atoms with Gasteiger partial charge in [0.05, 0.1) is 24.6 Å². The number of rotatable bonds is 5. The van der Waals surface area contributed by atoms with Crippen LogP contribution in [0.25, 0.3) is 0 Å². The molecular weight excluding hydrogens is 408 g/mol. The summed E-state index contributed by atoms with van der Waals surface area (Å²) < 4.78 is 6.99. The van der Waals surface area contributed by atoms with E-state index in [9.17, 15) is 9.59 Å². The number of H-pyrrole nitrogens is 2. The molecule has 0 radical (unpaired) electrons. The second-order valence-electron chi connectivity index (χ2n) is 6.21. The van der Waals surface area contributed by atoms with Crippen molar-refractivity contribution in [3.8, 4) is 11.5 Å². The average molecular weight is 423 g/mol. The summed E-state index contributed by atoms with van der Waals surface area (Å²) in [5.74, 6) is 1.13. The summed E-state index contributed by atoms with van der Waals surface area (Å²) in [6.45, 7) is 0.207. The lowest BCUT2D eigenvalue weighted by atomic mass is 10.2. The van der Waals surface area contributed by atoms with Gasteiger partial charge in [-0.1, -0.05) is 23.7 Å². The molecule has 0 aliphatic carbocycles. The van der Waals surface area contributed by atoms with Gasteiger partial charge < -0.3 is 4.74 Å². The molecule has 10 heteroatoms. The van der Waals surface area contributed by atoms with Crippen LogP contribution >= 0.6 is 11.6 Å². The summed E-state index contributed by atoms with van der Waals surface area (Å²) >= 11 is 5.91. The van der Waals surface area contributed by atoms with Crippen LogP contribution in [0.15, 0.2) is 81.6 Å². The third kappa shape index (κ3) is 4.70. The molecule has 0 aliphatic heterocycles. The van der Waals surface area contributed by atoms with Crippen LogP contribution in [0, 0.1) is 0 Å². The van der Waals surface area contributed by atoms with E-state index in [-0.39, 0.29) is 12.2 Å². The Balaban J connectivity index is 1.66. The molecule has 4 aromatic rings. The van der Waals surface area contributed by atoms with Crippen LogP contribution in [0.3, 0.4) is 0 Å².